The van der Waals surface area contributed by atoms with E-state index >= 15 is 0 Å². The first-order valence-electron chi connectivity index (χ1n) is 6.73. The molecule has 1 atom stereocenters. The number of para-hydroxylation sites is 1. The van der Waals surface area contributed by atoms with Crippen molar-refractivity contribution in [1.82, 2.24) is 5.32 Å². The smallest absolute Gasteiger partial charge is 0.253 e. The summed E-state index contributed by atoms with van der Waals surface area (Å²) < 4.78 is 18.8. The summed E-state index contributed by atoms with van der Waals surface area (Å²) in [4.78, 5) is 12.3. The Morgan fingerprint density at radius 2 is 2.10 bits per heavy atom. The highest BCUT2D eigenvalue weighted by molar-refractivity contribution is 5.99. The molecule has 0 spiro atoms. The zero-order valence-electron chi connectivity index (χ0n) is 11.3. The van der Waals surface area contributed by atoms with E-state index in [2.05, 4.69) is 5.32 Å². The molecule has 1 heterocycles. The van der Waals surface area contributed by atoms with Gasteiger partial charge in [-0.25, -0.2) is 4.39 Å². The number of fused-ring (bicyclic) bond motifs is 1. The third-order valence-corrected chi connectivity index (χ3v) is 3.52. The minimum absolute atomic E-state index is 0.152. The lowest BCUT2D eigenvalue weighted by Crippen LogP contribution is -2.32. The van der Waals surface area contributed by atoms with E-state index in [0.717, 1.165) is 17.4 Å². The number of hydrogen-bond acceptors (Lipinski definition) is 3. The molecule has 1 aliphatic heterocycles. The second kappa shape index (κ2) is 5.44. The van der Waals surface area contributed by atoms with Gasteiger partial charge in [0, 0.05) is 17.7 Å². The monoisotopic (exact) mass is 286 g/mol. The van der Waals surface area contributed by atoms with Gasteiger partial charge in [0.25, 0.3) is 5.91 Å². The van der Waals surface area contributed by atoms with Gasteiger partial charge in [-0.05, 0) is 24.3 Å². The van der Waals surface area contributed by atoms with Crippen molar-refractivity contribution in [3.63, 3.8) is 0 Å². The van der Waals surface area contributed by atoms with Crippen LogP contribution >= 0.6 is 0 Å². The van der Waals surface area contributed by atoms with Gasteiger partial charge in [-0.15, -0.1) is 0 Å². The topological polar surface area (TPSA) is 64.4 Å². The van der Waals surface area contributed by atoms with Gasteiger partial charge in [0.05, 0.1) is 18.2 Å². The van der Waals surface area contributed by atoms with Crippen molar-refractivity contribution in [3.05, 3.63) is 59.4 Å². The number of nitrogens with one attached hydrogen (secondary N) is 1. The first-order valence-corrected chi connectivity index (χ1v) is 6.73. The van der Waals surface area contributed by atoms with E-state index in [0.29, 0.717) is 13.0 Å². The van der Waals surface area contributed by atoms with Crippen LogP contribution in [0.3, 0.4) is 0 Å². The molecule has 108 valence electrons. The van der Waals surface area contributed by atoms with Crippen LogP contribution in [0.2, 0.25) is 0 Å². The van der Waals surface area contributed by atoms with Gasteiger partial charge < -0.3 is 15.8 Å². The zero-order chi connectivity index (χ0) is 14.8. The maximum Gasteiger partial charge on any atom is 0.253 e. The molecule has 2 aromatic rings. The number of carbonyl (C=O) groups is 1. The normalized spacial score (nSPS) is 16.7. The summed E-state index contributed by atoms with van der Waals surface area (Å²) in [5.74, 6) is -0.100. The second-order valence-electron chi connectivity index (χ2n) is 4.93. The lowest BCUT2D eigenvalue weighted by Gasteiger charge is -2.26. The molecular formula is C16H15FN2O2. The molecule has 0 radical (unpaired) electrons. The Balaban J connectivity index is 1.84. The maximum atomic E-state index is 13.3. The van der Waals surface area contributed by atoms with E-state index in [4.69, 9.17) is 10.5 Å². The fraction of sp³-hybridized carbons (Fsp3) is 0.188. The Morgan fingerprint density at radius 1 is 1.29 bits per heavy atom. The Morgan fingerprint density at radius 3 is 2.95 bits per heavy atom. The quantitative estimate of drug-likeness (QED) is 0.834. The van der Waals surface area contributed by atoms with Gasteiger partial charge in [-0.2, -0.15) is 0 Å². The molecule has 0 fully saturated rings. The van der Waals surface area contributed by atoms with Crippen molar-refractivity contribution in [2.45, 2.75) is 12.5 Å². The van der Waals surface area contributed by atoms with Crippen molar-refractivity contribution in [3.8, 4) is 5.75 Å². The van der Waals surface area contributed by atoms with E-state index in [1.165, 1.54) is 12.1 Å². The zero-order valence-corrected chi connectivity index (χ0v) is 11.3. The molecule has 0 saturated carbocycles. The Kier molecular flexibility index (Phi) is 3.48. The van der Waals surface area contributed by atoms with Crippen LogP contribution in [-0.2, 0) is 0 Å². The van der Waals surface area contributed by atoms with E-state index < -0.39 is 5.82 Å². The van der Waals surface area contributed by atoms with E-state index in [9.17, 15) is 9.18 Å². The van der Waals surface area contributed by atoms with Gasteiger partial charge in [0.2, 0.25) is 0 Å². The van der Waals surface area contributed by atoms with Crippen LogP contribution in [0.4, 0.5) is 10.1 Å². The first kappa shape index (κ1) is 13.4. The molecule has 1 unspecified atom stereocenters. The van der Waals surface area contributed by atoms with Crippen LogP contribution in [-0.4, -0.2) is 12.5 Å². The average molecular weight is 286 g/mol. The summed E-state index contributed by atoms with van der Waals surface area (Å²) in [5, 5.41) is 2.89. The number of benzene rings is 2. The molecule has 4 nitrogen and oxygen atoms in total. The molecule has 2 aromatic carbocycles. The van der Waals surface area contributed by atoms with Crippen molar-refractivity contribution in [1.29, 1.82) is 0 Å². The molecular weight excluding hydrogens is 271 g/mol. The number of rotatable bonds is 2. The Bertz CT molecular complexity index is 688. The highest BCUT2D eigenvalue weighted by Crippen LogP contribution is 2.31. The minimum atomic E-state index is -0.485. The second-order valence-corrected chi connectivity index (χ2v) is 4.93. The van der Waals surface area contributed by atoms with Crippen LogP contribution in [0.25, 0.3) is 0 Å². The highest BCUT2D eigenvalue weighted by atomic mass is 19.1. The third-order valence-electron chi connectivity index (χ3n) is 3.52. The highest BCUT2D eigenvalue weighted by Gasteiger charge is 2.23. The number of halogens is 1. The predicted molar refractivity (Wildman–Crippen MR) is 77.6 cm³/mol. The van der Waals surface area contributed by atoms with Gasteiger partial charge >= 0.3 is 0 Å². The fourth-order valence-corrected chi connectivity index (χ4v) is 2.45. The van der Waals surface area contributed by atoms with Crippen molar-refractivity contribution in [2.75, 3.05) is 12.3 Å². The SMILES string of the molecule is Nc1ccc(F)cc1C(=O)NC1CCOc2ccccc21. The molecule has 0 aromatic heterocycles. The maximum absolute atomic E-state index is 13.3. The van der Waals surface area contributed by atoms with Crippen LogP contribution < -0.4 is 15.8 Å². The first-order chi connectivity index (χ1) is 10.1. The van der Waals surface area contributed by atoms with Crippen molar-refractivity contribution in [2.24, 2.45) is 0 Å². The van der Waals surface area contributed by atoms with Crippen LogP contribution in [0.5, 0.6) is 5.75 Å². The fourth-order valence-electron chi connectivity index (χ4n) is 2.45. The van der Waals surface area contributed by atoms with Gasteiger partial charge in [0.1, 0.15) is 11.6 Å². The van der Waals surface area contributed by atoms with Crippen LogP contribution in [0.1, 0.15) is 28.4 Å². The molecule has 0 aliphatic carbocycles. The lowest BCUT2D eigenvalue weighted by molar-refractivity contribution is 0.0925. The minimum Gasteiger partial charge on any atom is -0.493 e. The van der Waals surface area contributed by atoms with E-state index in [1.54, 1.807) is 0 Å². The summed E-state index contributed by atoms with van der Waals surface area (Å²) in [5.41, 5.74) is 7.07. The van der Waals surface area contributed by atoms with Gasteiger partial charge in [0.15, 0.2) is 0 Å². The number of nitrogens with two attached hydrogens (primary N) is 1. The predicted octanol–water partition coefficient (Wildman–Crippen LogP) is 2.66. The number of ether oxygens (including phenoxy) is 1. The molecule has 0 saturated heterocycles. The lowest BCUT2D eigenvalue weighted by atomic mass is 10.00. The van der Waals surface area contributed by atoms with Crippen molar-refractivity contribution >= 4 is 11.6 Å². The molecule has 5 heteroatoms. The van der Waals surface area contributed by atoms with Crippen molar-refractivity contribution < 1.29 is 13.9 Å². The molecule has 21 heavy (non-hydrogen) atoms. The van der Waals surface area contributed by atoms with Crippen LogP contribution in [0.15, 0.2) is 42.5 Å². The number of carbonyl (C=O) groups excluding carboxylic acids is 1. The summed E-state index contributed by atoms with van der Waals surface area (Å²) in [6.45, 7) is 0.528. The number of anilines is 1. The molecule has 3 rings (SSSR count). The Labute approximate surface area is 121 Å². The molecule has 1 aliphatic rings. The molecule has 1 amide bonds. The van der Waals surface area contributed by atoms with Gasteiger partial charge in [-0.3, -0.25) is 4.79 Å². The number of nitrogen functional groups attached to an aromatic ring is 1. The molecule has 0 bridgehead atoms. The summed E-state index contributed by atoms with van der Waals surface area (Å²) in [7, 11) is 0. The summed E-state index contributed by atoms with van der Waals surface area (Å²) in [6, 6.07) is 11.2. The standard InChI is InChI=1S/C16H15FN2O2/c17-10-5-6-13(18)12(9-10)16(20)19-14-7-8-21-15-4-2-1-3-11(14)15/h1-6,9,14H,7-8,18H2,(H,19,20). The Hall–Kier alpha value is -2.56. The number of hydrogen-bond donors (Lipinski definition) is 2. The third kappa shape index (κ3) is 2.67. The number of amides is 1. The van der Waals surface area contributed by atoms with Crippen LogP contribution in [0, 0.1) is 5.82 Å². The molecule has 3 N–H and O–H groups in total. The average Bonchev–Trinajstić information content (AvgIpc) is 2.50. The van der Waals surface area contributed by atoms with E-state index in [-0.39, 0.29) is 23.2 Å². The summed E-state index contributed by atoms with van der Waals surface area (Å²) in [6.07, 6.45) is 0.665. The largest absolute Gasteiger partial charge is 0.493 e. The van der Waals surface area contributed by atoms with Gasteiger partial charge in [-0.1, -0.05) is 18.2 Å². The van der Waals surface area contributed by atoms with E-state index in [1.807, 2.05) is 24.3 Å². The summed E-state index contributed by atoms with van der Waals surface area (Å²) >= 11 is 0.